The van der Waals surface area contributed by atoms with Crippen molar-refractivity contribution in [1.29, 1.82) is 0 Å². The summed E-state index contributed by atoms with van der Waals surface area (Å²) in [5.74, 6) is 0. The van der Waals surface area contributed by atoms with Gasteiger partial charge in [0.1, 0.15) is 0 Å². The summed E-state index contributed by atoms with van der Waals surface area (Å²) < 4.78 is 5.62. The average molecular weight is 218 g/mol. The van der Waals surface area contributed by atoms with Gasteiger partial charge in [-0.05, 0) is 41.5 Å². The zero-order chi connectivity index (χ0) is 11.8. The molecule has 0 spiro atoms. The van der Waals surface area contributed by atoms with E-state index in [1.165, 1.54) is 19.3 Å². The first-order valence-electron chi connectivity index (χ1n) is 5.82. The van der Waals surface area contributed by atoms with E-state index < -0.39 is 0 Å². The van der Waals surface area contributed by atoms with Gasteiger partial charge in [0.25, 0.3) is 0 Å². The molecule has 0 radical (unpaired) electrons. The van der Waals surface area contributed by atoms with E-state index in [-0.39, 0.29) is 18.6 Å². The zero-order valence-electron chi connectivity index (χ0n) is 11.5. The highest BCUT2D eigenvalue weighted by Gasteiger charge is 2.19. The van der Waals surface area contributed by atoms with Gasteiger partial charge in [-0.25, -0.2) is 0 Å². The van der Waals surface area contributed by atoms with Gasteiger partial charge in [0, 0.05) is 0 Å². The Morgan fingerprint density at radius 1 is 0.733 bits per heavy atom. The normalized spacial score (nSPS) is 11.2. The lowest BCUT2D eigenvalue weighted by Gasteiger charge is -2.30. The Bertz CT molecular complexity index is 100. The first-order valence-corrected chi connectivity index (χ1v) is 5.82. The van der Waals surface area contributed by atoms with Crippen molar-refractivity contribution in [2.45, 2.75) is 93.3 Å². The molecule has 0 saturated carbocycles. The highest BCUT2D eigenvalue weighted by atomic mass is 16.5. The standard InChI is InChI=1S/C8H18O.C5H12.CH4/c1-7(2,3)9-8(4,5)6;1-3-5-4-2;/h1-6H3;3-5H2,1-2H3;1H4. The third-order valence-electron chi connectivity index (χ3n) is 1.32. The van der Waals surface area contributed by atoms with Crippen LogP contribution < -0.4 is 0 Å². The molecule has 0 saturated heterocycles. The Morgan fingerprint density at radius 2 is 1.00 bits per heavy atom. The predicted molar refractivity (Wildman–Crippen MR) is 72.5 cm³/mol. The van der Waals surface area contributed by atoms with E-state index >= 15 is 0 Å². The molecule has 0 atom stereocenters. The summed E-state index contributed by atoms with van der Waals surface area (Å²) in [6.07, 6.45) is 4.08. The minimum Gasteiger partial charge on any atom is -0.370 e. The van der Waals surface area contributed by atoms with E-state index in [1.54, 1.807) is 0 Å². The monoisotopic (exact) mass is 218 g/mol. The second-order valence-electron chi connectivity index (χ2n) is 5.68. The second kappa shape index (κ2) is 9.21. The summed E-state index contributed by atoms with van der Waals surface area (Å²) in [5, 5.41) is 0. The summed E-state index contributed by atoms with van der Waals surface area (Å²) >= 11 is 0. The van der Waals surface area contributed by atoms with Crippen molar-refractivity contribution < 1.29 is 4.74 Å². The molecule has 0 bridgehead atoms. The molecule has 15 heavy (non-hydrogen) atoms. The molecule has 0 aliphatic rings. The summed E-state index contributed by atoms with van der Waals surface area (Å²) in [4.78, 5) is 0. The molecule has 0 aromatic rings. The largest absolute Gasteiger partial charge is 0.370 e. The molecule has 96 valence electrons. The van der Waals surface area contributed by atoms with Crippen molar-refractivity contribution in [3.63, 3.8) is 0 Å². The number of rotatable bonds is 2. The summed E-state index contributed by atoms with van der Waals surface area (Å²) in [5.41, 5.74) is -0.0312. The van der Waals surface area contributed by atoms with Crippen LogP contribution in [0.2, 0.25) is 0 Å². The van der Waals surface area contributed by atoms with Crippen LogP contribution in [0.15, 0.2) is 0 Å². The van der Waals surface area contributed by atoms with Gasteiger partial charge < -0.3 is 4.74 Å². The maximum Gasteiger partial charge on any atom is 0.0605 e. The van der Waals surface area contributed by atoms with Gasteiger partial charge in [0.05, 0.1) is 11.2 Å². The lowest BCUT2D eigenvalue weighted by molar-refractivity contribution is -0.102. The third kappa shape index (κ3) is 31.5. The second-order valence-corrected chi connectivity index (χ2v) is 5.68. The fraction of sp³-hybridized carbons (Fsp3) is 1.00. The minimum atomic E-state index is -0.0156. The van der Waals surface area contributed by atoms with Crippen LogP contribution in [-0.4, -0.2) is 11.2 Å². The van der Waals surface area contributed by atoms with Crippen LogP contribution in [-0.2, 0) is 4.74 Å². The third-order valence-corrected chi connectivity index (χ3v) is 1.32. The van der Waals surface area contributed by atoms with E-state index in [4.69, 9.17) is 4.74 Å². The van der Waals surface area contributed by atoms with Crippen LogP contribution in [0.5, 0.6) is 0 Å². The maximum absolute atomic E-state index is 5.62. The number of ether oxygens (including phenoxy) is 1. The molecule has 0 N–H and O–H groups in total. The molecule has 0 unspecified atom stereocenters. The molecule has 0 aromatic carbocycles. The Kier molecular flexibility index (Phi) is 12.5. The zero-order valence-corrected chi connectivity index (χ0v) is 11.5. The summed E-state index contributed by atoms with van der Waals surface area (Å²) in [7, 11) is 0. The topological polar surface area (TPSA) is 9.23 Å². The Labute approximate surface area is 98.6 Å². The van der Waals surface area contributed by atoms with Gasteiger partial charge in [0.2, 0.25) is 0 Å². The van der Waals surface area contributed by atoms with Crippen LogP contribution in [0.25, 0.3) is 0 Å². The van der Waals surface area contributed by atoms with Crippen LogP contribution >= 0.6 is 0 Å². The van der Waals surface area contributed by atoms with Gasteiger partial charge >= 0.3 is 0 Å². The lowest BCUT2D eigenvalue weighted by Crippen LogP contribution is -2.31. The van der Waals surface area contributed by atoms with Crippen LogP contribution in [0.3, 0.4) is 0 Å². The van der Waals surface area contributed by atoms with Crippen molar-refractivity contribution in [1.82, 2.24) is 0 Å². The molecule has 1 heteroatoms. The minimum absolute atomic E-state index is 0. The lowest BCUT2D eigenvalue weighted by atomic mass is 10.1. The van der Waals surface area contributed by atoms with Crippen LogP contribution in [0.4, 0.5) is 0 Å². The predicted octanol–water partition coefficient (Wildman–Crippen LogP) is 5.43. The van der Waals surface area contributed by atoms with Gasteiger partial charge in [0.15, 0.2) is 0 Å². The van der Waals surface area contributed by atoms with Crippen molar-refractivity contribution in [2.75, 3.05) is 0 Å². The molecule has 1 nitrogen and oxygen atoms in total. The van der Waals surface area contributed by atoms with Crippen molar-refractivity contribution in [3.8, 4) is 0 Å². The van der Waals surface area contributed by atoms with Crippen molar-refractivity contribution >= 4 is 0 Å². The molecule has 0 fully saturated rings. The van der Waals surface area contributed by atoms with E-state index in [1.807, 2.05) is 0 Å². The van der Waals surface area contributed by atoms with Crippen molar-refractivity contribution in [3.05, 3.63) is 0 Å². The average Bonchev–Trinajstić information content (AvgIpc) is 1.81. The Hall–Kier alpha value is -0.0400. The SMILES string of the molecule is C.CC(C)(C)OC(C)(C)C.CCCCC. The molecule has 0 aromatic heterocycles. The quantitative estimate of drug-likeness (QED) is 0.600. The van der Waals surface area contributed by atoms with E-state index in [0.29, 0.717) is 0 Å². The molecule has 0 heterocycles. The number of hydrogen-bond donors (Lipinski definition) is 0. The van der Waals surface area contributed by atoms with Gasteiger partial charge in [-0.2, -0.15) is 0 Å². The number of unbranched alkanes of at least 4 members (excludes halogenated alkanes) is 2. The van der Waals surface area contributed by atoms with Gasteiger partial charge in [-0.1, -0.05) is 40.5 Å². The highest BCUT2D eigenvalue weighted by Crippen LogP contribution is 2.17. The maximum atomic E-state index is 5.62. The van der Waals surface area contributed by atoms with Crippen LogP contribution in [0, 0.1) is 0 Å². The van der Waals surface area contributed by atoms with Gasteiger partial charge in [-0.3, -0.25) is 0 Å². The molecular weight excluding hydrogens is 184 g/mol. The first-order chi connectivity index (χ1) is 6.12. The summed E-state index contributed by atoms with van der Waals surface area (Å²) in [6, 6.07) is 0. The molecular formula is C14H34O. The molecule has 0 aliphatic carbocycles. The molecule has 0 rings (SSSR count). The molecule has 0 amide bonds. The Balaban J connectivity index is -0.000000208. The highest BCUT2D eigenvalue weighted by molar-refractivity contribution is 4.68. The van der Waals surface area contributed by atoms with Crippen molar-refractivity contribution in [2.24, 2.45) is 0 Å². The molecule has 0 aliphatic heterocycles. The fourth-order valence-electron chi connectivity index (χ4n) is 1.27. The number of hydrogen-bond acceptors (Lipinski definition) is 1. The first kappa shape index (κ1) is 20.4. The fourth-order valence-corrected chi connectivity index (χ4v) is 1.27. The smallest absolute Gasteiger partial charge is 0.0605 e. The summed E-state index contributed by atoms with van der Waals surface area (Å²) in [6.45, 7) is 16.8. The Morgan fingerprint density at radius 3 is 1.00 bits per heavy atom. The van der Waals surface area contributed by atoms with Crippen LogP contribution in [0.1, 0.15) is 82.1 Å². The van der Waals surface area contributed by atoms with E-state index in [0.717, 1.165) is 0 Å². The van der Waals surface area contributed by atoms with Gasteiger partial charge in [-0.15, -0.1) is 0 Å². The van der Waals surface area contributed by atoms with E-state index in [2.05, 4.69) is 55.4 Å². The van der Waals surface area contributed by atoms with E-state index in [9.17, 15) is 0 Å².